The summed E-state index contributed by atoms with van der Waals surface area (Å²) in [4.78, 5) is 10.9. The number of hydrogen-bond donors (Lipinski definition) is 2. The van der Waals surface area contributed by atoms with Crippen molar-refractivity contribution < 1.29 is 27.8 Å². The Balaban J connectivity index is 2.94. The van der Waals surface area contributed by atoms with Gasteiger partial charge in [0.25, 0.3) is 0 Å². The topological polar surface area (TPSA) is 102 Å². The van der Waals surface area contributed by atoms with Crippen molar-refractivity contribution >= 4 is 31.9 Å². The van der Waals surface area contributed by atoms with E-state index in [1.807, 2.05) is 0 Å². The maximum absolute atomic E-state index is 12.1. The zero-order chi connectivity index (χ0) is 15.3. The number of benzene rings is 1. The summed E-state index contributed by atoms with van der Waals surface area (Å²) in [6.07, 6.45) is -1.58. The van der Waals surface area contributed by atoms with Gasteiger partial charge in [-0.05, 0) is 18.2 Å². The van der Waals surface area contributed by atoms with Crippen molar-refractivity contribution in [2.75, 3.05) is 20.8 Å². The molecule has 0 saturated carbocycles. The lowest BCUT2D eigenvalue weighted by atomic mass is 10.3. The fourth-order valence-corrected chi connectivity index (χ4v) is 3.09. The molecule has 112 valence electrons. The van der Waals surface area contributed by atoms with Crippen LogP contribution in [0.1, 0.15) is 0 Å². The Kier molecular flexibility index (Phi) is 5.93. The Bertz CT molecular complexity index is 589. The summed E-state index contributed by atoms with van der Waals surface area (Å²) in [5.41, 5.74) is 0. The summed E-state index contributed by atoms with van der Waals surface area (Å²) >= 11 is 3.16. The van der Waals surface area contributed by atoms with Gasteiger partial charge in [0.2, 0.25) is 10.0 Å². The van der Waals surface area contributed by atoms with Gasteiger partial charge >= 0.3 is 5.97 Å². The lowest BCUT2D eigenvalue weighted by Crippen LogP contribution is -2.37. The zero-order valence-electron chi connectivity index (χ0n) is 10.8. The summed E-state index contributed by atoms with van der Waals surface area (Å²) in [6, 6.07) is 4.46. The van der Waals surface area contributed by atoms with E-state index in [-0.39, 0.29) is 10.6 Å². The number of hydrogen-bond acceptors (Lipinski definition) is 6. The van der Waals surface area contributed by atoms with Crippen LogP contribution in [0.5, 0.6) is 5.75 Å². The number of halogens is 1. The smallest absolute Gasteiger partial charge is 0.336 e. The van der Waals surface area contributed by atoms with Crippen LogP contribution in [-0.2, 0) is 19.6 Å². The second-order valence-electron chi connectivity index (χ2n) is 3.69. The number of aliphatic hydroxyl groups excluding tert-OH is 1. The summed E-state index contributed by atoms with van der Waals surface area (Å²) in [6.45, 7) is -0.495. The largest absolute Gasteiger partial charge is 0.495 e. The van der Waals surface area contributed by atoms with Crippen LogP contribution in [0.2, 0.25) is 0 Å². The summed E-state index contributed by atoms with van der Waals surface area (Å²) in [7, 11) is -1.50. The molecule has 0 spiro atoms. The number of nitrogens with one attached hydrogen (secondary N) is 1. The van der Waals surface area contributed by atoms with Gasteiger partial charge in [0.05, 0.1) is 14.2 Å². The van der Waals surface area contributed by atoms with E-state index in [9.17, 15) is 18.3 Å². The van der Waals surface area contributed by atoms with Crippen LogP contribution in [0.25, 0.3) is 0 Å². The normalized spacial score (nSPS) is 12.8. The monoisotopic (exact) mass is 367 g/mol. The molecule has 0 aliphatic heterocycles. The number of methoxy groups -OCH3 is 2. The first-order valence-corrected chi connectivity index (χ1v) is 7.68. The average molecular weight is 368 g/mol. The van der Waals surface area contributed by atoms with Gasteiger partial charge in [-0.15, -0.1) is 0 Å². The molecule has 0 aliphatic carbocycles. The average Bonchev–Trinajstić information content (AvgIpc) is 2.43. The molecule has 7 nitrogen and oxygen atoms in total. The van der Waals surface area contributed by atoms with Gasteiger partial charge in [-0.1, -0.05) is 15.9 Å². The Morgan fingerprint density at radius 2 is 2.10 bits per heavy atom. The highest BCUT2D eigenvalue weighted by atomic mass is 79.9. The van der Waals surface area contributed by atoms with Gasteiger partial charge in [-0.3, -0.25) is 0 Å². The van der Waals surface area contributed by atoms with E-state index in [0.29, 0.717) is 4.47 Å². The predicted molar refractivity (Wildman–Crippen MR) is 73.9 cm³/mol. The molecule has 1 unspecified atom stereocenters. The first-order chi connectivity index (χ1) is 9.31. The van der Waals surface area contributed by atoms with E-state index >= 15 is 0 Å². The van der Waals surface area contributed by atoms with Crippen LogP contribution in [0, 0.1) is 0 Å². The van der Waals surface area contributed by atoms with Crippen LogP contribution in [0.15, 0.2) is 27.6 Å². The standard InChI is InChI=1S/C11H14BrNO6S/c1-18-9-4-3-7(12)5-10(9)20(16,17)13-6-8(14)11(15)19-2/h3-5,8,13-14H,6H2,1-2H3. The fourth-order valence-electron chi connectivity index (χ4n) is 1.35. The third kappa shape index (κ3) is 4.17. The molecule has 9 heteroatoms. The van der Waals surface area contributed by atoms with Crippen molar-refractivity contribution in [1.82, 2.24) is 4.72 Å². The highest BCUT2D eigenvalue weighted by Gasteiger charge is 2.23. The van der Waals surface area contributed by atoms with Gasteiger partial charge in [0.15, 0.2) is 6.10 Å². The molecular formula is C11H14BrNO6S. The number of ether oxygens (including phenoxy) is 2. The van der Waals surface area contributed by atoms with Gasteiger partial charge in [-0.25, -0.2) is 17.9 Å². The summed E-state index contributed by atoms with van der Waals surface area (Å²) in [5, 5.41) is 9.37. The number of aliphatic hydroxyl groups is 1. The van der Waals surface area contributed by atoms with Crippen molar-refractivity contribution in [2.24, 2.45) is 0 Å². The molecule has 2 N–H and O–H groups in total. The highest BCUT2D eigenvalue weighted by Crippen LogP contribution is 2.26. The van der Waals surface area contributed by atoms with Crippen LogP contribution in [-0.4, -0.2) is 46.4 Å². The SMILES string of the molecule is COC(=O)C(O)CNS(=O)(=O)c1cc(Br)ccc1OC. The number of sulfonamides is 1. The number of carbonyl (C=O) groups excluding carboxylic acids is 1. The third-order valence-corrected chi connectivity index (χ3v) is 4.29. The molecule has 0 aliphatic rings. The minimum atomic E-state index is -3.94. The first-order valence-electron chi connectivity index (χ1n) is 5.41. The van der Waals surface area contributed by atoms with Crippen molar-refractivity contribution in [3.8, 4) is 5.75 Å². The molecule has 0 heterocycles. The summed E-state index contributed by atoms with van der Waals surface area (Å²) < 4.78 is 36.1. The molecule has 0 fully saturated rings. The van der Waals surface area contributed by atoms with E-state index in [1.54, 1.807) is 6.07 Å². The van der Waals surface area contributed by atoms with Crippen LogP contribution in [0.4, 0.5) is 0 Å². The lowest BCUT2D eigenvalue weighted by Gasteiger charge is -2.13. The van der Waals surface area contributed by atoms with E-state index < -0.39 is 28.6 Å². The number of esters is 1. The zero-order valence-corrected chi connectivity index (χ0v) is 13.2. The van der Waals surface area contributed by atoms with Crippen molar-refractivity contribution in [3.05, 3.63) is 22.7 Å². The van der Waals surface area contributed by atoms with E-state index in [0.717, 1.165) is 7.11 Å². The molecule has 20 heavy (non-hydrogen) atoms. The number of rotatable bonds is 6. The van der Waals surface area contributed by atoms with Crippen LogP contribution in [0.3, 0.4) is 0 Å². The lowest BCUT2D eigenvalue weighted by molar-refractivity contribution is -0.149. The van der Waals surface area contributed by atoms with Gasteiger partial charge in [-0.2, -0.15) is 0 Å². The van der Waals surface area contributed by atoms with E-state index in [1.165, 1.54) is 19.2 Å². The first kappa shape index (κ1) is 16.9. The van der Waals surface area contributed by atoms with E-state index in [2.05, 4.69) is 25.4 Å². The second-order valence-corrected chi connectivity index (χ2v) is 6.34. The van der Waals surface area contributed by atoms with E-state index in [4.69, 9.17) is 4.74 Å². The molecule has 1 aromatic carbocycles. The molecule has 1 rings (SSSR count). The third-order valence-electron chi connectivity index (χ3n) is 2.36. The highest BCUT2D eigenvalue weighted by molar-refractivity contribution is 9.10. The minimum absolute atomic E-state index is 0.105. The van der Waals surface area contributed by atoms with Crippen molar-refractivity contribution in [2.45, 2.75) is 11.0 Å². The number of carbonyl (C=O) groups is 1. The van der Waals surface area contributed by atoms with Crippen LogP contribution < -0.4 is 9.46 Å². The second kappa shape index (κ2) is 7.02. The Morgan fingerprint density at radius 1 is 1.45 bits per heavy atom. The molecule has 0 aromatic heterocycles. The molecule has 0 amide bonds. The van der Waals surface area contributed by atoms with Crippen molar-refractivity contribution in [3.63, 3.8) is 0 Å². The van der Waals surface area contributed by atoms with Crippen molar-refractivity contribution in [1.29, 1.82) is 0 Å². The molecule has 0 radical (unpaired) electrons. The van der Waals surface area contributed by atoms with Gasteiger partial charge in [0.1, 0.15) is 10.6 Å². The molecule has 0 saturated heterocycles. The molecular weight excluding hydrogens is 354 g/mol. The fraction of sp³-hybridized carbons (Fsp3) is 0.364. The van der Waals surface area contributed by atoms with Crippen LogP contribution >= 0.6 is 15.9 Å². The molecule has 1 atom stereocenters. The summed E-state index contributed by atoms with van der Waals surface area (Å²) in [5.74, 6) is -0.776. The quantitative estimate of drug-likeness (QED) is 0.699. The minimum Gasteiger partial charge on any atom is -0.495 e. The van der Waals surface area contributed by atoms with Gasteiger partial charge in [0, 0.05) is 11.0 Å². The van der Waals surface area contributed by atoms with Gasteiger partial charge < -0.3 is 14.6 Å². The Labute approximate surface area is 125 Å². The molecule has 0 bridgehead atoms. The Hall–Kier alpha value is -1.16. The maximum Gasteiger partial charge on any atom is 0.336 e. The molecule has 1 aromatic rings. The Morgan fingerprint density at radius 3 is 2.65 bits per heavy atom. The predicted octanol–water partition coefficient (Wildman–Crippen LogP) is 0.270. The maximum atomic E-state index is 12.1.